The Kier molecular flexibility index (Phi) is 6.38. The van der Waals surface area contributed by atoms with E-state index in [1.165, 1.54) is 12.8 Å². The molecule has 0 bridgehead atoms. The molecule has 0 spiro atoms. The zero-order valence-electron chi connectivity index (χ0n) is 18.1. The number of amides is 1. The molecule has 3 atom stereocenters. The van der Waals surface area contributed by atoms with Gasteiger partial charge in [-0.25, -0.2) is 4.98 Å². The average Bonchev–Trinajstić information content (AvgIpc) is 2.93. The minimum absolute atomic E-state index is 0.108. The van der Waals surface area contributed by atoms with Crippen molar-refractivity contribution in [2.75, 3.05) is 32.7 Å². The van der Waals surface area contributed by atoms with E-state index in [-0.39, 0.29) is 17.4 Å². The predicted molar refractivity (Wildman–Crippen MR) is 114 cm³/mol. The molecule has 6 heteroatoms. The third-order valence-corrected chi connectivity index (χ3v) is 6.89. The molecule has 29 heavy (non-hydrogen) atoms. The van der Waals surface area contributed by atoms with Crippen molar-refractivity contribution in [1.82, 2.24) is 19.4 Å². The third-order valence-electron chi connectivity index (χ3n) is 6.89. The van der Waals surface area contributed by atoms with Crippen molar-refractivity contribution in [1.29, 1.82) is 0 Å². The molecule has 0 aliphatic carbocycles. The summed E-state index contributed by atoms with van der Waals surface area (Å²) in [5, 5.41) is 0. The lowest BCUT2D eigenvalue weighted by Crippen LogP contribution is -2.48. The highest BCUT2D eigenvalue weighted by molar-refractivity contribution is 5.78. The predicted octanol–water partition coefficient (Wildman–Crippen LogP) is 2.65. The molecule has 1 aromatic rings. The van der Waals surface area contributed by atoms with Crippen molar-refractivity contribution in [3.8, 4) is 0 Å². The Morgan fingerprint density at radius 1 is 1.07 bits per heavy atom. The van der Waals surface area contributed by atoms with Gasteiger partial charge in [0.1, 0.15) is 5.82 Å². The van der Waals surface area contributed by atoms with Gasteiger partial charge in [0.15, 0.2) is 0 Å². The van der Waals surface area contributed by atoms with Crippen molar-refractivity contribution in [2.45, 2.75) is 71.3 Å². The number of piperidine rings is 2. The molecule has 2 fully saturated rings. The van der Waals surface area contributed by atoms with Crippen molar-refractivity contribution >= 4 is 5.91 Å². The number of fused-ring (bicyclic) bond motifs is 1. The van der Waals surface area contributed by atoms with Crippen LogP contribution in [-0.4, -0.2) is 58.0 Å². The van der Waals surface area contributed by atoms with E-state index in [1.807, 2.05) is 4.57 Å². The van der Waals surface area contributed by atoms with Gasteiger partial charge in [0, 0.05) is 44.6 Å². The van der Waals surface area contributed by atoms with Crippen LogP contribution in [0.1, 0.15) is 69.8 Å². The van der Waals surface area contributed by atoms with E-state index in [1.54, 1.807) is 6.07 Å². The fourth-order valence-corrected chi connectivity index (χ4v) is 5.54. The first kappa shape index (κ1) is 20.6. The topological polar surface area (TPSA) is 58.4 Å². The quantitative estimate of drug-likeness (QED) is 0.783. The summed E-state index contributed by atoms with van der Waals surface area (Å²) in [6.45, 7) is 9.38. The van der Waals surface area contributed by atoms with E-state index >= 15 is 0 Å². The van der Waals surface area contributed by atoms with Gasteiger partial charge in [0.25, 0.3) is 5.56 Å². The van der Waals surface area contributed by atoms with Gasteiger partial charge in [0.2, 0.25) is 5.91 Å². The molecule has 4 rings (SSSR count). The Morgan fingerprint density at radius 2 is 1.86 bits per heavy atom. The summed E-state index contributed by atoms with van der Waals surface area (Å²) in [4.78, 5) is 34.8. The smallest absolute Gasteiger partial charge is 0.253 e. The lowest BCUT2D eigenvalue weighted by molar-refractivity contribution is -0.135. The molecule has 0 N–H and O–H groups in total. The van der Waals surface area contributed by atoms with Crippen LogP contribution in [0.2, 0.25) is 0 Å². The summed E-state index contributed by atoms with van der Waals surface area (Å²) < 4.78 is 1.87. The van der Waals surface area contributed by atoms with Crippen LogP contribution in [0.15, 0.2) is 10.9 Å². The average molecular weight is 401 g/mol. The van der Waals surface area contributed by atoms with Gasteiger partial charge in [-0.05, 0) is 50.5 Å². The van der Waals surface area contributed by atoms with Crippen LogP contribution < -0.4 is 5.56 Å². The Labute approximate surface area is 174 Å². The first-order valence-corrected chi connectivity index (χ1v) is 11.6. The summed E-state index contributed by atoms with van der Waals surface area (Å²) in [5.41, 5.74) is 1.05. The molecular formula is C23H36N4O2. The van der Waals surface area contributed by atoms with Gasteiger partial charge < -0.3 is 4.90 Å². The maximum Gasteiger partial charge on any atom is 0.253 e. The summed E-state index contributed by atoms with van der Waals surface area (Å²) in [6.07, 6.45) is 7.60. The zero-order valence-corrected chi connectivity index (χ0v) is 18.1. The number of carbonyl (C=O) groups excluding carboxylic acids is 1. The number of hydrogen-bond acceptors (Lipinski definition) is 4. The van der Waals surface area contributed by atoms with Crippen LogP contribution in [0.5, 0.6) is 0 Å². The highest BCUT2D eigenvalue weighted by Gasteiger charge is 2.29. The molecule has 3 aliphatic heterocycles. The summed E-state index contributed by atoms with van der Waals surface area (Å²) in [7, 11) is 0. The van der Waals surface area contributed by atoms with Gasteiger partial charge in [-0.15, -0.1) is 0 Å². The monoisotopic (exact) mass is 400 g/mol. The number of aryl methyl sites for hydroxylation is 1. The molecule has 0 aromatic carbocycles. The Morgan fingerprint density at radius 3 is 2.66 bits per heavy atom. The van der Waals surface area contributed by atoms with E-state index in [0.717, 1.165) is 76.3 Å². The Hall–Kier alpha value is -1.69. The number of nitrogens with zero attached hydrogens (tertiary/aromatic N) is 4. The van der Waals surface area contributed by atoms with Crippen LogP contribution in [-0.2, 0) is 17.8 Å². The normalized spacial score (nSPS) is 28.6. The van der Waals surface area contributed by atoms with Gasteiger partial charge in [0.05, 0.1) is 12.2 Å². The van der Waals surface area contributed by atoms with Crippen molar-refractivity contribution in [2.24, 2.45) is 11.8 Å². The Bertz CT molecular complexity index is 780. The highest BCUT2D eigenvalue weighted by Crippen LogP contribution is 2.26. The van der Waals surface area contributed by atoms with Crippen LogP contribution in [0.3, 0.4) is 0 Å². The molecule has 0 radical (unpaired) electrons. The standard InChI is InChI=1S/C23H36N4O2/c1-17-11-18(2)14-26(13-17)23(29)16-25-9-6-7-19(15-25)20-12-22(28)27-10-5-3-4-8-21(27)24-20/h12,17-19H,3-11,13-16H2,1-2H3/t17-,18-,19-/m0/s1. The fraction of sp³-hybridized carbons (Fsp3) is 0.783. The number of carbonyl (C=O) groups is 1. The summed E-state index contributed by atoms with van der Waals surface area (Å²) in [5.74, 6) is 2.67. The number of likely N-dealkylation sites (tertiary alicyclic amines) is 2. The molecule has 3 aliphatic rings. The van der Waals surface area contributed by atoms with Gasteiger partial charge in [-0.2, -0.15) is 0 Å². The largest absolute Gasteiger partial charge is 0.341 e. The third kappa shape index (κ3) is 4.90. The van der Waals surface area contributed by atoms with E-state index < -0.39 is 0 Å². The van der Waals surface area contributed by atoms with Crippen molar-refractivity contribution in [3.63, 3.8) is 0 Å². The maximum absolute atomic E-state index is 12.9. The summed E-state index contributed by atoms with van der Waals surface area (Å²) >= 11 is 0. The van der Waals surface area contributed by atoms with Crippen LogP contribution in [0.25, 0.3) is 0 Å². The number of rotatable bonds is 3. The van der Waals surface area contributed by atoms with Gasteiger partial charge in [-0.1, -0.05) is 20.3 Å². The van der Waals surface area contributed by atoms with Crippen LogP contribution >= 0.6 is 0 Å². The van der Waals surface area contributed by atoms with E-state index in [2.05, 4.69) is 23.6 Å². The molecular weight excluding hydrogens is 364 g/mol. The first-order chi connectivity index (χ1) is 14.0. The van der Waals surface area contributed by atoms with Crippen LogP contribution in [0, 0.1) is 11.8 Å². The molecule has 2 saturated heterocycles. The van der Waals surface area contributed by atoms with Gasteiger partial charge in [-0.3, -0.25) is 19.1 Å². The molecule has 0 saturated carbocycles. The zero-order chi connectivity index (χ0) is 20.4. The van der Waals surface area contributed by atoms with Crippen molar-refractivity contribution < 1.29 is 4.79 Å². The number of aromatic nitrogens is 2. The van der Waals surface area contributed by atoms with E-state index in [0.29, 0.717) is 18.4 Å². The lowest BCUT2D eigenvalue weighted by atomic mass is 9.91. The lowest BCUT2D eigenvalue weighted by Gasteiger charge is -2.38. The van der Waals surface area contributed by atoms with Gasteiger partial charge >= 0.3 is 0 Å². The molecule has 160 valence electrons. The second kappa shape index (κ2) is 8.99. The fourth-order valence-electron chi connectivity index (χ4n) is 5.54. The number of hydrogen-bond donors (Lipinski definition) is 0. The molecule has 6 nitrogen and oxygen atoms in total. The molecule has 4 heterocycles. The SMILES string of the molecule is C[C@H]1C[C@H](C)CN(C(=O)CN2CCC[C@H](c3cc(=O)n4c(n3)CCCCC4)C2)C1. The van der Waals surface area contributed by atoms with Crippen LogP contribution in [0.4, 0.5) is 0 Å². The summed E-state index contributed by atoms with van der Waals surface area (Å²) in [6, 6.07) is 1.76. The minimum atomic E-state index is 0.108. The molecule has 1 amide bonds. The first-order valence-electron chi connectivity index (χ1n) is 11.6. The van der Waals surface area contributed by atoms with Crippen molar-refractivity contribution in [3.05, 3.63) is 27.9 Å². The molecule has 1 aromatic heterocycles. The second-order valence-corrected chi connectivity index (χ2v) is 9.72. The second-order valence-electron chi connectivity index (χ2n) is 9.72. The van der Waals surface area contributed by atoms with E-state index in [9.17, 15) is 9.59 Å². The Balaban J connectivity index is 1.42. The highest BCUT2D eigenvalue weighted by atomic mass is 16.2. The van der Waals surface area contributed by atoms with E-state index in [4.69, 9.17) is 4.98 Å². The minimum Gasteiger partial charge on any atom is -0.341 e. The molecule has 0 unspecified atom stereocenters. The maximum atomic E-state index is 12.9.